The summed E-state index contributed by atoms with van der Waals surface area (Å²) in [4.78, 5) is 34.0. The first kappa shape index (κ1) is 22.4. The fourth-order valence-corrected chi connectivity index (χ4v) is 3.33. The predicted octanol–water partition coefficient (Wildman–Crippen LogP) is 4.03. The van der Waals surface area contributed by atoms with Crippen molar-refractivity contribution in [1.82, 2.24) is 15.3 Å². The first-order valence-electron chi connectivity index (χ1n) is 8.90. The molecule has 1 aromatic heterocycles. The van der Waals surface area contributed by atoms with Gasteiger partial charge >= 0.3 is 0 Å². The van der Waals surface area contributed by atoms with Crippen LogP contribution in [0, 0.1) is 0 Å². The van der Waals surface area contributed by atoms with Crippen molar-refractivity contribution in [2.75, 3.05) is 17.3 Å². The van der Waals surface area contributed by atoms with E-state index in [4.69, 9.17) is 0 Å². The van der Waals surface area contributed by atoms with Crippen molar-refractivity contribution in [2.45, 2.75) is 38.6 Å². The van der Waals surface area contributed by atoms with Gasteiger partial charge in [0.1, 0.15) is 11.9 Å². The van der Waals surface area contributed by atoms with E-state index >= 15 is 0 Å². The summed E-state index contributed by atoms with van der Waals surface area (Å²) in [6.45, 7) is 6.07. The van der Waals surface area contributed by atoms with Crippen LogP contribution in [0.15, 0.2) is 41.1 Å². The van der Waals surface area contributed by atoms with Gasteiger partial charge in [0, 0.05) is 9.89 Å². The fourth-order valence-electron chi connectivity index (χ4n) is 2.40. The van der Waals surface area contributed by atoms with Crippen LogP contribution in [-0.4, -0.2) is 39.8 Å². The number of benzene rings is 1. The molecule has 0 fully saturated rings. The van der Waals surface area contributed by atoms with Gasteiger partial charge < -0.3 is 10.6 Å². The van der Waals surface area contributed by atoms with Gasteiger partial charge in [-0.2, -0.15) is 11.8 Å². The number of rotatable bonds is 7. The largest absolute Gasteiger partial charge is 0.340 e. The predicted molar refractivity (Wildman–Crippen MR) is 118 cm³/mol. The van der Waals surface area contributed by atoms with E-state index in [0.717, 1.165) is 5.75 Å². The summed E-state index contributed by atoms with van der Waals surface area (Å²) in [6, 6.07) is 6.46. The van der Waals surface area contributed by atoms with Crippen LogP contribution in [0.4, 0.5) is 5.69 Å². The number of carbonyl (C=O) groups excluding carboxylic acids is 2. The normalized spacial score (nSPS) is 12.3. The molecule has 0 saturated heterocycles. The smallest absolute Gasteiger partial charge is 0.253 e. The molecule has 2 rings (SSSR count). The number of nitrogens with one attached hydrogen (secondary N) is 2. The van der Waals surface area contributed by atoms with Crippen LogP contribution in [0.1, 0.15) is 43.4 Å². The van der Waals surface area contributed by atoms with Crippen molar-refractivity contribution in [1.29, 1.82) is 0 Å². The van der Waals surface area contributed by atoms with Crippen LogP contribution >= 0.6 is 27.7 Å². The molecule has 28 heavy (non-hydrogen) atoms. The SMILES string of the molecule is CSCCC(NC(=O)c1ccccc1Br)C(=O)Nc1cnc(C(C)(C)C)nc1. The molecule has 6 nitrogen and oxygen atoms in total. The third kappa shape index (κ3) is 6.31. The second-order valence-corrected chi connectivity index (χ2v) is 9.16. The van der Waals surface area contributed by atoms with Gasteiger partial charge in [0.2, 0.25) is 5.91 Å². The fraction of sp³-hybridized carbons (Fsp3) is 0.400. The van der Waals surface area contributed by atoms with Gasteiger partial charge in [0.15, 0.2) is 0 Å². The zero-order valence-corrected chi connectivity index (χ0v) is 18.9. The van der Waals surface area contributed by atoms with Crippen LogP contribution in [0.2, 0.25) is 0 Å². The molecule has 2 aromatic rings. The van der Waals surface area contributed by atoms with Crippen molar-refractivity contribution >= 4 is 45.2 Å². The number of nitrogens with zero attached hydrogens (tertiary/aromatic N) is 2. The van der Waals surface area contributed by atoms with Gasteiger partial charge in [0.25, 0.3) is 5.91 Å². The third-order valence-electron chi connectivity index (χ3n) is 3.94. The molecule has 2 amide bonds. The highest BCUT2D eigenvalue weighted by Gasteiger charge is 2.23. The number of hydrogen-bond donors (Lipinski definition) is 2. The number of amides is 2. The molecule has 0 bridgehead atoms. The lowest BCUT2D eigenvalue weighted by Gasteiger charge is -2.19. The number of anilines is 1. The van der Waals surface area contributed by atoms with Crippen molar-refractivity contribution in [3.05, 3.63) is 52.5 Å². The minimum Gasteiger partial charge on any atom is -0.340 e. The Bertz CT molecular complexity index is 822. The van der Waals surface area contributed by atoms with E-state index in [1.807, 2.05) is 33.1 Å². The lowest BCUT2D eigenvalue weighted by molar-refractivity contribution is -0.118. The standard InChI is InChI=1S/C20H25BrN4O2S/c1-20(2,3)19-22-11-13(12-23-19)24-18(27)16(9-10-28-4)25-17(26)14-7-5-6-8-15(14)21/h5-8,11-12,16H,9-10H2,1-4H3,(H,24,27)(H,25,26). The second-order valence-electron chi connectivity index (χ2n) is 7.32. The topological polar surface area (TPSA) is 84.0 Å². The van der Waals surface area contributed by atoms with Crippen molar-refractivity contribution in [2.24, 2.45) is 0 Å². The molecule has 2 N–H and O–H groups in total. The lowest BCUT2D eigenvalue weighted by atomic mass is 9.96. The number of thioether (sulfide) groups is 1. The zero-order chi connectivity index (χ0) is 20.7. The van der Waals surface area contributed by atoms with Crippen LogP contribution in [0.3, 0.4) is 0 Å². The summed E-state index contributed by atoms with van der Waals surface area (Å²) in [5, 5.41) is 5.63. The molecule has 0 radical (unpaired) electrons. The Morgan fingerprint density at radius 3 is 2.39 bits per heavy atom. The maximum Gasteiger partial charge on any atom is 0.253 e. The molecule has 8 heteroatoms. The summed E-state index contributed by atoms with van der Waals surface area (Å²) in [6.07, 6.45) is 5.66. The Balaban J connectivity index is 2.10. The minimum atomic E-state index is -0.658. The minimum absolute atomic E-state index is 0.166. The van der Waals surface area contributed by atoms with Gasteiger partial charge in [-0.3, -0.25) is 9.59 Å². The van der Waals surface area contributed by atoms with E-state index < -0.39 is 6.04 Å². The average Bonchev–Trinajstić information content (AvgIpc) is 2.65. The molecule has 0 saturated carbocycles. The Kier molecular flexibility index (Phi) is 8.00. The van der Waals surface area contributed by atoms with Crippen LogP contribution in [-0.2, 0) is 10.2 Å². The molecule has 150 valence electrons. The molecule has 0 aliphatic heterocycles. The lowest BCUT2D eigenvalue weighted by Crippen LogP contribution is -2.44. The number of halogens is 1. The number of carbonyl (C=O) groups is 2. The average molecular weight is 465 g/mol. The summed E-state index contributed by atoms with van der Waals surface area (Å²) in [5.74, 6) is 0.856. The van der Waals surface area contributed by atoms with E-state index in [1.54, 1.807) is 42.4 Å². The van der Waals surface area contributed by atoms with E-state index in [9.17, 15) is 9.59 Å². The highest BCUT2D eigenvalue weighted by atomic mass is 79.9. The van der Waals surface area contributed by atoms with Crippen LogP contribution in [0.25, 0.3) is 0 Å². The van der Waals surface area contributed by atoms with E-state index in [-0.39, 0.29) is 17.2 Å². The summed E-state index contributed by atoms with van der Waals surface area (Å²) in [5.41, 5.74) is 0.824. The van der Waals surface area contributed by atoms with Gasteiger partial charge in [-0.05, 0) is 46.5 Å². The highest BCUT2D eigenvalue weighted by Crippen LogP contribution is 2.19. The number of hydrogen-bond acceptors (Lipinski definition) is 5. The molecule has 1 aromatic carbocycles. The van der Waals surface area contributed by atoms with E-state index in [2.05, 4.69) is 36.5 Å². The summed E-state index contributed by atoms with van der Waals surface area (Å²) < 4.78 is 0.683. The maximum atomic E-state index is 12.7. The van der Waals surface area contributed by atoms with Gasteiger partial charge in [0.05, 0.1) is 23.6 Å². The van der Waals surface area contributed by atoms with Gasteiger partial charge in [-0.25, -0.2) is 9.97 Å². The first-order chi connectivity index (χ1) is 13.2. The van der Waals surface area contributed by atoms with E-state index in [1.165, 1.54) is 0 Å². The first-order valence-corrected chi connectivity index (χ1v) is 11.1. The Morgan fingerprint density at radius 1 is 1.18 bits per heavy atom. The molecule has 0 spiro atoms. The molecule has 1 heterocycles. The Hall–Kier alpha value is -1.93. The van der Waals surface area contributed by atoms with E-state index in [0.29, 0.717) is 28.0 Å². The second kappa shape index (κ2) is 10.0. The van der Waals surface area contributed by atoms with Crippen LogP contribution in [0.5, 0.6) is 0 Å². The Labute approximate surface area is 178 Å². The summed E-state index contributed by atoms with van der Waals surface area (Å²) >= 11 is 4.99. The van der Waals surface area contributed by atoms with Crippen molar-refractivity contribution in [3.8, 4) is 0 Å². The number of aromatic nitrogens is 2. The third-order valence-corrected chi connectivity index (χ3v) is 5.28. The molecule has 0 aliphatic rings. The van der Waals surface area contributed by atoms with Crippen LogP contribution < -0.4 is 10.6 Å². The highest BCUT2D eigenvalue weighted by molar-refractivity contribution is 9.10. The van der Waals surface area contributed by atoms with Gasteiger partial charge in [-0.15, -0.1) is 0 Å². The van der Waals surface area contributed by atoms with Gasteiger partial charge in [-0.1, -0.05) is 32.9 Å². The molecule has 0 aliphatic carbocycles. The van der Waals surface area contributed by atoms with Crippen molar-refractivity contribution in [3.63, 3.8) is 0 Å². The summed E-state index contributed by atoms with van der Waals surface area (Å²) in [7, 11) is 0. The zero-order valence-electron chi connectivity index (χ0n) is 16.5. The molecular weight excluding hydrogens is 440 g/mol. The molecular formula is C20H25BrN4O2S. The quantitative estimate of drug-likeness (QED) is 0.645. The van der Waals surface area contributed by atoms with Crippen molar-refractivity contribution < 1.29 is 9.59 Å². The molecule has 1 unspecified atom stereocenters. The monoisotopic (exact) mass is 464 g/mol. The molecule has 1 atom stereocenters. The Morgan fingerprint density at radius 2 is 1.82 bits per heavy atom. The maximum absolute atomic E-state index is 12.7.